The first-order chi connectivity index (χ1) is 20.5. The number of nitrogens with zero attached hydrogens (tertiary/aromatic N) is 1. The fourth-order valence-electron chi connectivity index (χ4n) is 5.29. The Hall–Kier alpha value is -2.21. The summed E-state index contributed by atoms with van der Waals surface area (Å²) in [5, 5.41) is 2.82. The van der Waals surface area contributed by atoms with Crippen molar-refractivity contribution >= 4 is 31.7 Å². The fourth-order valence-corrected chi connectivity index (χ4v) is 6.85. The quantitative estimate of drug-likeness (QED) is 0.0744. The van der Waals surface area contributed by atoms with Crippen LogP contribution in [-0.2, 0) is 46.9 Å². The van der Waals surface area contributed by atoms with E-state index in [0.717, 1.165) is 83.0 Å². The standard InChI is InChI=1S/C29H51N2O11P/c1-6-8-10-12-14-16-18-38-43(36,39-19-17-15-13-11-9-7-2)30-28-27(42-23(5)34)26(41-22(4)33)25(40-21(3)32)24-20-37-29(35)31(24)28/h24-28H,6-20H2,1-5H3,(H,30,36)/t24?,25-,26-,27?,28-/m0/s1. The number of rotatable bonds is 21. The summed E-state index contributed by atoms with van der Waals surface area (Å²) >= 11 is 0. The summed E-state index contributed by atoms with van der Waals surface area (Å²) in [6.07, 6.45) is 5.68. The highest BCUT2D eigenvalue weighted by atomic mass is 31.2. The molecule has 2 aliphatic rings. The molecule has 1 amide bonds. The molecule has 2 heterocycles. The third-order valence-electron chi connectivity index (χ3n) is 7.30. The molecule has 0 radical (unpaired) electrons. The highest BCUT2D eigenvalue weighted by molar-refractivity contribution is 7.51. The van der Waals surface area contributed by atoms with Gasteiger partial charge in [-0.25, -0.2) is 9.36 Å². The molecular weight excluding hydrogens is 583 g/mol. The number of cyclic esters (lactones) is 1. The van der Waals surface area contributed by atoms with E-state index in [2.05, 4.69) is 18.9 Å². The highest BCUT2D eigenvalue weighted by Gasteiger charge is 2.60. The molecule has 13 nitrogen and oxygen atoms in total. The van der Waals surface area contributed by atoms with E-state index >= 15 is 0 Å². The number of unbranched alkanes of at least 4 members (excludes halogenated alkanes) is 10. The lowest BCUT2D eigenvalue weighted by atomic mass is 9.92. The maximum atomic E-state index is 14.2. The van der Waals surface area contributed by atoms with Crippen LogP contribution in [0, 0.1) is 0 Å². The van der Waals surface area contributed by atoms with Crippen molar-refractivity contribution in [1.82, 2.24) is 9.99 Å². The topological polar surface area (TPSA) is 156 Å². The average Bonchev–Trinajstić information content (AvgIpc) is 3.32. The second-order valence-electron chi connectivity index (χ2n) is 11.0. The molecule has 2 fully saturated rings. The van der Waals surface area contributed by atoms with Crippen LogP contribution in [0.5, 0.6) is 0 Å². The van der Waals surface area contributed by atoms with Gasteiger partial charge < -0.3 is 18.9 Å². The Balaban J connectivity index is 2.32. The van der Waals surface area contributed by atoms with Gasteiger partial charge >= 0.3 is 31.7 Å². The molecule has 2 aliphatic heterocycles. The predicted molar refractivity (Wildman–Crippen MR) is 157 cm³/mol. The second kappa shape index (κ2) is 19.2. The van der Waals surface area contributed by atoms with Gasteiger partial charge in [-0.15, -0.1) is 0 Å². The van der Waals surface area contributed by atoms with E-state index in [9.17, 15) is 23.7 Å². The van der Waals surface area contributed by atoms with Crippen molar-refractivity contribution in [1.29, 1.82) is 0 Å². The Kier molecular flexibility index (Phi) is 16.5. The molecule has 1 N–H and O–H groups in total. The Bertz CT molecular complexity index is 927. The summed E-state index contributed by atoms with van der Waals surface area (Å²) < 4.78 is 47.6. The normalized spacial score (nSPS) is 23.4. The second-order valence-corrected chi connectivity index (χ2v) is 12.8. The summed E-state index contributed by atoms with van der Waals surface area (Å²) in [7, 11) is -4.11. The van der Waals surface area contributed by atoms with Crippen LogP contribution < -0.4 is 5.09 Å². The molecule has 0 aromatic rings. The molecule has 0 aliphatic carbocycles. The Morgan fingerprint density at radius 1 is 0.744 bits per heavy atom. The minimum Gasteiger partial charge on any atom is -0.456 e. The van der Waals surface area contributed by atoms with Crippen LogP contribution in [0.2, 0.25) is 0 Å². The third-order valence-corrected chi connectivity index (χ3v) is 8.92. The minimum atomic E-state index is -4.11. The zero-order valence-electron chi connectivity index (χ0n) is 26.4. The maximum Gasteiger partial charge on any atom is 0.411 e. The summed E-state index contributed by atoms with van der Waals surface area (Å²) in [5.74, 6) is -2.21. The van der Waals surface area contributed by atoms with Gasteiger partial charge in [0, 0.05) is 20.8 Å². The molecule has 43 heavy (non-hydrogen) atoms. The number of nitrogens with one attached hydrogen (secondary N) is 1. The van der Waals surface area contributed by atoms with E-state index in [1.165, 1.54) is 6.92 Å². The van der Waals surface area contributed by atoms with E-state index in [-0.39, 0.29) is 19.8 Å². The largest absolute Gasteiger partial charge is 0.456 e. The number of carbonyl (C=O) groups is 4. The maximum absolute atomic E-state index is 14.2. The lowest BCUT2D eigenvalue weighted by molar-refractivity contribution is -0.207. The Morgan fingerprint density at radius 3 is 1.67 bits per heavy atom. The van der Waals surface area contributed by atoms with Crippen molar-refractivity contribution in [3.63, 3.8) is 0 Å². The minimum absolute atomic E-state index is 0.134. The molecule has 2 saturated heterocycles. The summed E-state index contributed by atoms with van der Waals surface area (Å²) in [6.45, 7) is 7.80. The fraction of sp³-hybridized carbons (Fsp3) is 0.862. The molecule has 0 bridgehead atoms. The van der Waals surface area contributed by atoms with Crippen LogP contribution in [0.4, 0.5) is 4.79 Å². The zero-order chi connectivity index (χ0) is 31.8. The number of hydrogen-bond acceptors (Lipinski definition) is 11. The van der Waals surface area contributed by atoms with Crippen LogP contribution in [0.3, 0.4) is 0 Å². The van der Waals surface area contributed by atoms with Crippen LogP contribution >= 0.6 is 7.75 Å². The monoisotopic (exact) mass is 634 g/mol. The molecule has 2 rings (SSSR count). The lowest BCUT2D eigenvalue weighted by Gasteiger charge is -2.47. The van der Waals surface area contributed by atoms with Crippen LogP contribution in [-0.4, -0.2) is 79.2 Å². The summed E-state index contributed by atoms with van der Waals surface area (Å²) in [5.41, 5.74) is 0. The van der Waals surface area contributed by atoms with Gasteiger partial charge in [0.05, 0.1) is 13.2 Å². The predicted octanol–water partition coefficient (Wildman–Crippen LogP) is 5.39. The van der Waals surface area contributed by atoms with Crippen molar-refractivity contribution in [3.05, 3.63) is 0 Å². The number of piperidine rings is 1. The van der Waals surface area contributed by atoms with Crippen LogP contribution in [0.15, 0.2) is 0 Å². The molecule has 2 unspecified atom stereocenters. The van der Waals surface area contributed by atoms with Gasteiger partial charge in [0.25, 0.3) is 0 Å². The number of carbonyl (C=O) groups excluding carboxylic acids is 4. The molecule has 0 aromatic heterocycles. The van der Waals surface area contributed by atoms with Crippen LogP contribution in [0.1, 0.15) is 112 Å². The van der Waals surface area contributed by atoms with E-state index in [4.69, 9.17) is 28.0 Å². The number of ether oxygens (including phenoxy) is 4. The third kappa shape index (κ3) is 12.4. The van der Waals surface area contributed by atoms with Gasteiger partial charge in [-0.05, 0) is 12.8 Å². The first-order valence-electron chi connectivity index (χ1n) is 15.7. The Labute approximate surface area is 255 Å². The molecule has 0 aromatic carbocycles. The van der Waals surface area contributed by atoms with Gasteiger partial charge in [0.15, 0.2) is 18.3 Å². The van der Waals surface area contributed by atoms with Gasteiger partial charge in [0.1, 0.15) is 18.8 Å². The number of esters is 3. The first-order valence-corrected chi connectivity index (χ1v) is 17.2. The van der Waals surface area contributed by atoms with Crippen molar-refractivity contribution < 1.29 is 51.7 Å². The molecule has 14 heteroatoms. The first kappa shape index (κ1) is 37.0. The van der Waals surface area contributed by atoms with Crippen molar-refractivity contribution in [3.8, 4) is 0 Å². The van der Waals surface area contributed by atoms with E-state index < -0.39 is 62.3 Å². The summed E-state index contributed by atoms with van der Waals surface area (Å²) in [4.78, 5) is 50.5. The van der Waals surface area contributed by atoms with E-state index in [0.29, 0.717) is 12.8 Å². The Morgan fingerprint density at radius 2 is 1.19 bits per heavy atom. The van der Waals surface area contributed by atoms with Gasteiger partial charge in [-0.2, -0.15) is 5.09 Å². The zero-order valence-corrected chi connectivity index (χ0v) is 27.3. The number of amides is 1. The van der Waals surface area contributed by atoms with Crippen LogP contribution in [0.25, 0.3) is 0 Å². The number of hydrogen-bond donors (Lipinski definition) is 1. The number of fused-ring (bicyclic) bond motifs is 1. The summed E-state index contributed by atoms with van der Waals surface area (Å²) in [6, 6.07) is -0.935. The molecule has 0 spiro atoms. The smallest absolute Gasteiger partial charge is 0.411 e. The molecule has 5 atom stereocenters. The van der Waals surface area contributed by atoms with Gasteiger partial charge in [-0.3, -0.25) is 28.3 Å². The lowest BCUT2D eigenvalue weighted by Crippen LogP contribution is -2.71. The van der Waals surface area contributed by atoms with Gasteiger partial charge in [-0.1, -0.05) is 78.1 Å². The van der Waals surface area contributed by atoms with E-state index in [1.54, 1.807) is 0 Å². The molecular formula is C29H51N2O11P. The van der Waals surface area contributed by atoms with Crippen molar-refractivity contribution in [2.24, 2.45) is 0 Å². The van der Waals surface area contributed by atoms with Crippen molar-refractivity contribution in [2.45, 2.75) is 142 Å². The van der Waals surface area contributed by atoms with E-state index in [1.807, 2.05) is 0 Å². The average molecular weight is 635 g/mol. The molecule has 248 valence electrons. The van der Waals surface area contributed by atoms with Gasteiger partial charge in [0.2, 0.25) is 0 Å². The highest BCUT2D eigenvalue weighted by Crippen LogP contribution is 2.47. The molecule has 0 saturated carbocycles. The van der Waals surface area contributed by atoms with Crippen molar-refractivity contribution in [2.75, 3.05) is 19.8 Å². The SMILES string of the molecule is CCCCCCCCOP(=O)(N[C@@H]1C(OC(C)=O)[C@@H](OC(C)=O)[C@@H](OC(C)=O)C2COC(=O)N21)OCCCCCCCC.